The molecule has 0 aliphatic heterocycles. The summed E-state index contributed by atoms with van der Waals surface area (Å²) in [5.74, 6) is -0.478. The summed E-state index contributed by atoms with van der Waals surface area (Å²) in [6.45, 7) is 5.08. The molecule has 0 bridgehead atoms. The van der Waals surface area contributed by atoms with Gasteiger partial charge in [0.15, 0.2) is 0 Å². The third-order valence-electron chi connectivity index (χ3n) is 4.54. The Morgan fingerprint density at radius 3 is 2.55 bits per heavy atom. The first kappa shape index (κ1) is 14.6. The van der Waals surface area contributed by atoms with Gasteiger partial charge in [-0.15, -0.1) is 0 Å². The van der Waals surface area contributed by atoms with Crippen LogP contribution in [0.2, 0.25) is 13.1 Å². The number of rotatable bonds is 3. The number of hydrogen-bond donors (Lipinski definition) is 0. The van der Waals surface area contributed by atoms with E-state index in [0.717, 1.165) is 12.8 Å². The van der Waals surface area contributed by atoms with Crippen molar-refractivity contribution in [3.63, 3.8) is 0 Å². The Kier molecular flexibility index (Phi) is 3.92. The molecule has 0 atom stereocenters. The Labute approximate surface area is 145 Å². The Hall–Kier alpha value is -0.980. The van der Waals surface area contributed by atoms with E-state index in [4.69, 9.17) is 0 Å². The molecule has 0 saturated heterocycles. The van der Waals surface area contributed by atoms with Gasteiger partial charge in [-0.25, -0.2) is 0 Å². The maximum absolute atomic E-state index is 2.54. The van der Waals surface area contributed by atoms with Crippen LogP contribution < -0.4 is 3.27 Å². The van der Waals surface area contributed by atoms with Crippen LogP contribution >= 0.6 is 0 Å². The number of hydrogen-bond acceptors (Lipinski definition) is 0. The van der Waals surface area contributed by atoms with Crippen molar-refractivity contribution in [3.8, 4) is 11.1 Å². The molecule has 2 aromatic rings. The zero-order chi connectivity index (χ0) is 15.1. The van der Waals surface area contributed by atoms with E-state index in [-0.39, 0.29) is 0 Å². The van der Waals surface area contributed by atoms with Gasteiger partial charge in [0, 0.05) is 0 Å². The first-order chi connectivity index (χ1) is 10.7. The number of fused-ring (bicyclic) bond motifs is 3. The van der Waals surface area contributed by atoms with Gasteiger partial charge >= 0.3 is 146 Å². The predicted octanol–water partition coefficient (Wildman–Crippen LogP) is 4.29. The Bertz CT molecular complexity index is 799. The van der Waals surface area contributed by atoms with Gasteiger partial charge in [0.05, 0.1) is 0 Å². The molecule has 22 heavy (non-hydrogen) atoms. The number of benzene rings is 2. The fourth-order valence-electron chi connectivity index (χ4n) is 3.58. The van der Waals surface area contributed by atoms with E-state index in [0.29, 0.717) is 0 Å². The molecule has 0 radical (unpaired) electrons. The van der Waals surface area contributed by atoms with Crippen LogP contribution in [-0.4, -0.2) is 5.92 Å². The maximum atomic E-state index is 2.54. The van der Waals surface area contributed by atoms with E-state index >= 15 is 0 Å². The normalized spacial score (nSPS) is 15.0. The molecule has 0 spiro atoms. The molecular formula is C20H20SiZr. The Balaban J connectivity index is 1.88. The van der Waals surface area contributed by atoms with Crippen LogP contribution in [0.25, 0.3) is 16.7 Å². The van der Waals surface area contributed by atoms with Crippen LogP contribution in [-0.2, 0) is 28.8 Å². The fraction of sp³-hybridized carbons (Fsp3) is 0.200. The predicted molar refractivity (Wildman–Crippen MR) is 94.9 cm³/mol. The summed E-state index contributed by atoms with van der Waals surface area (Å²) in [5.41, 5.74) is 9.34. The summed E-state index contributed by atoms with van der Waals surface area (Å²) in [6.07, 6.45) is 9.13. The monoisotopic (exact) mass is 378 g/mol. The van der Waals surface area contributed by atoms with Gasteiger partial charge in [-0.3, -0.25) is 0 Å². The second kappa shape index (κ2) is 5.91. The van der Waals surface area contributed by atoms with Crippen molar-refractivity contribution in [3.05, 3.63) is 71.3 Å². The third-order valence-corrected chi connectivity index (χ3v) is 13.2. The quantitative estimate of drug-likeness (QED) is 0.596. The summed E-state index contributed by atoms with van der Waals surface area (Å²) in [6, 6.07) is 13.8. The molecule has 0 amide bonds. The van der Waals surface area contributed by atoms with Crippen LogP contribution in [0.4, 0.5) is 0 Å². The van der Waals surface area contributed by atoms with Crippen molar-refractivity contribution < 1.29 is 22.4 Å². The topological polar surface area (TPSA) is 0 Å². The first-order valence-corrected chi connectivity index (χ1v) is 16.5. The van der Waals surface area contributed by atoms with Gasteiger partial charge < -0.3 is 0 Å². The van der Waals surface area contributed by atoms with Crippen LogP contribution in [0.5, 0.6) is 0 Å². The van der Waals surface area contributed by atoms with Gasteiger partial charge in [-0.2, -0.15) is 0 Å². The van der Waals surface area contributed by atoms with Crippen molar-refractivity contribution in [2.24, 2.45) is 0 Å². The molecule has 0 N–H and O–H groups in total. The van der Waals surface area contributed by atoms with E-state index in [1.54, 1.807) is 16.7 Å². The van der Waals surface area contributed by atoms with E-state index in [1.807, 2.05) is 3.27 Å². The summed E-state index contributed by atoms with van der Waals surface area (Å²) in [5, 5.41) is 0. The zero-order valence-corrected chi connectivity index (χ0v) is 16.8. The van der Waals surface area contributed by atoms with Crippen LogP contribution in [0.1, 0.15) is 23.1 Å². The summed E-state index contributed by atoms with van der Waals surface area (Å²) >= 11 is -0.422. The first-order valence-electron chi connectivity index (χ1n) is 8.11. The second-order valence-corrected chi connectivity index (χ2v) is 20.9. The summed E-state index contributed by atoms with van der Waals surface area (Å²) in [4.78, 5) is 0. The van der Waals surface area contributed by atoms with E-state index in [2.05, 4.69) is 67.7 Å². The van der Waals surface area contributed by atoms with Crippen molar-refractivity contribution >= 4 is 14.8 Å². The standard InChI is InChI=1S/C18H13.C2H7Si.Zr/c1-2-6-13(5-1)14-9-10-18-16(11-14)12-15-7-3-4-8-17(15)18;1-3-2;/h1-5,7-10H,6,12H2;3H,1-2H3;. The van der Waals surface area contributed by atoms with Crippen LogP contribution in [0.15, 0.2) is 54.6 Å². The molecule has 2 aliphatic rings. The average Bonchev–Trinajstić information content (AvgIpc) is 3.14. The summed E-state index contributed by atoms with van der Waals surface area (Å²) in [7, 11) is 0. The van der Waals surface area contributed by atoms with Crippen LogP contribution in [0, 0.1) is 0 Å². The molecule has 4 rings (SSSR count). The molecule has 0 fully saturated rings. The SMILES string of the molecule is C[SiH](C)[Zr][c]1c(C2=CC=CC2)ccc2c1Cc1ccccc1-2. The van der Waals surface area contributed by atoms with Gasteiger partial charge in [-0.1, -0.05) is 0 Å². The van der Waals surface area contributed by atoms with Crippen molar-refractivity contribution in [1.82, 2.24) is 0 Å². The molecule has 2 aliphatic carbocycles. The molecule has 0 nitrogen and oxygen atoms in total. The minimum absolute atomic E-state index is 0.422. The molecule has 0 aromatic heterocycles. The van der Waals surface area contributed by atoms with Gasteiger partial charge in [0.1, 0.15) is 0 Å². The Morgan fingerprint density at radius 2 is 1.77 bits per heavy atom. The zero-order valence-electron chi connectivity index (χ0n) is 13.2. The minimum atomic E-state index is -0.478. The molecule has 0 heterocycles. The fourth-order valence-corrected chi connectivity index (χ4v) is 12.3. The average molecular weight is 380 g/mol. The molecule has 108 valence electrons. The second-order valence-electron chi connectivity index (χ2n) is 6.47. The van der Waals surface area contributed by atoms with E-state index < -0.39 is 28.3 Å². The third kappa shape index (κ3) is 2.47. The molecular weight excluding hydrogens is 360 g/mol. The summed E-state index contributed by atoms with van der Waals surface area (Å²) < 4.78 is 1.81. The van der Waals surface area contributed by atoms with Crippen molar-refractivity contribution in [2.75, 3.05) is 0 Å². The molecule has 0 saturated carbocycles. The van der Waals surface area contributed by atoms with Crippen LogP contribution in [0.3, 0.4) is 0 Å². The van der Waals surface area contributed by atoms with Gasteiger partial charge in [0.2, 0.25) is 0 Å². The van der Waals surface area contributed by atoms with Crippen molar-refractivity contribution in [1.29, 1.82) is 0 Å². The van der Waals surface area contributed by atoms with Crippen molar-refractivity contribution in [2.45, 2.75) is 25.9 Å². The molecule has 0 unspecified atom stereocenters. The Morgan fingerprint density at radius 1 is 0.955 bits per heavy atom. The van der Waals surface area contributed by atoms with E-state index in [1.165, 1.54) is 16.7 Å². The van der Waals surface area contributed by atoms with Gasteiger partial charge in [0.25, 0.3) is 0 Å². The van der Waals surface area contributed by atoms with Gasteiger partial charge in [-0.05, 0) is 0 Å². The molecule has 2 heteroatoms. The number of allylic oxidation sites excluding steroid dienone is 4. The molecule has 2 aromatic carbocycles. The van der Waals surface area contributed by atoms with E-state index in [9.17, 15) is 0 Å².